The first-order valence-electron chi connectivity index (χ1n) is 6.45. The van der Waals surface area contributed by atoms with Crippen LogP contribution in [0.15, 0.2) is 24.3 Å². The van der Waals surface area contributed by atoms with Crippen molar-refractivity contribution in [3.63, 3.8) is 0 Å². The number of halogens is 1. The summed E-state index contributed by atoms with van der Waals surface area (Å²) in [6.45, 7) is 2.65. The molecule has 1 aromatic carbocycles. The van der Waals surface area contributed by atoms with E-state index in [2.05, 4.69) is 5.32 Å². The van der Waals surface area contributed by atoms with Crippen LogP contribution in [0, 0.1) is 0 Å². The van der Waals surface area contributed by atoms with Crippen LogP contribution in [0.5, 0.6) is 0 Å². The molecule has 7 heteroatoms. The van der Waals surface area contributed by atoms with E-state index in [0.29, 0.717) is 23.1 Å². The lowest BCUT2D eigenvalue weighted by atomic mass is 10.2. The maximum Gasteiger partial charge on any atom is 0.173 e. The minimum atomic E-state index is -2.91. The molecule has 0 aromatic heterocycles. The monoisotopic (exact) mass is 332 g/mol. The number of rotatable bonds is 3. The third-order valence-electron chi connectivity index (χ3n) is 3.35. The molecule has 0 bridgehead atoms. The Hall–Kier alpha value is -0.850. The molecule has 4 nitrogen and oxygen atoms in total. The fraction of sp³-hybridized carbons (Fsp3) is 0.462. The van der Waals surface area contributed by atoms with Gasteiger partial charge < -0.3 is 10.2 Å². The van der Waals surface area contributed by atoms with Crippen molar-refractivity contribution in [3.8, 4) is 0 Å². The molecule has 1 atom stereocenters. The lowest BCUT2D eigenvalue weighted by Crippen LogP contribution is -2.43. The number of thiocarbonyl (C=S) groups is 1. The van der Waals surface area contributed by atoms with E-state index >= 15 is 0 Å². The molecule has 0 unspecified atom stereocenters. The van der Waals surface area contributed by atoms with E-state index in [1.165, 1.54) is 0 Å². The van der Waals surface area contributed by atoms with E-state index in [0.717, 1.165) is 5.69 Å². The maximum atomic E-state index is 11.6. The van der Waals surface area contributed by atoms with Gasteiger partial charge in [0, 0.05) is 23.3 Å². The Labute approximate surface area is 130 Å². The Balaban J connectivity index is 2.04. The number of hydrogen-bond acceptors (Lipinski definition) is 3. The SMILES string of the molecule is CCN(C(=S)Nc1ccc(Cl)cc1)[C@H]1CCS(=O)(=O)C1. The van der Waals surface area contributed by atoms with Crippen LogP contribution < -0.4 is 5.32 Å². The fourth-order valence-electron chi connectivity index (χ4n) is 2.32. The van der Waals surface area contributed by atoms with Crippen molar-refractivity contribution in [2.75, 3.05) is 23.4 Å². The van der Waals surface area contributed by atoms with Crippen LogP contribution in [0.25, 0.3) is 0 Å². The molecule has 0 aliphatic carbocycles. The molecule has 2 rings (SSSR count). The normalized spacial score (nSPS) is 20.6. The molecule has 1 aliphatic heterocycles. The molecule has 0 radical (unpaired) electrons. The highest BCUT2D eigenvalue weighted by molar-refractivity contribution is 7.91. The number of nitrogens with one attached hydrogen (secondary N) is 1. The Morgan fingerprint density at radius 2 is 2.10 bits per heavy atom. The second kappa shape index (κ2) is 6.28. The van der Waals surface area contributed by atoms with Crippen molar-refractivity contribution in [3.05, 3.63) is 29.3 Å². The van der Waals surface area contributed by atoms with E-state index in [-0.39, 0.29) is 17.5 Å². The fourth-order valence-corrected chi connectivity index (χ4v) is 4.57. The molecule has 1 fully saturated rings. The van der Waals surface area contributed by atoms with Crippen molar-refractivity contribution in [1.82, 2.24) is 4.90 Å². The summed E-state index contributed by atoms with van der Waals surface area (Å²) >= 11 is 11.2. The van der Waals surface area contributed by atoms with Crippen LogP contribution in [0.1, 0.15) is 13.3 Å². The summed E-state index contributed by atoms with van der Waals surface area (Å²) in [5.41, 5.74) is 0.846. The van der Waals surface area contributed by atoms with Crippen LogP contribution in [-0.4, -0.2) is 42.5 Å². The van der Waals surface area contributed by atoms with E-state index in [1.807, 2.05) is 24.0 Å². The van der Waals surface area contributed by atoms with Crippen molar-refractivity contribution < 1.29 is 8.42 Å². The van der Waals surface area contributed by atoms with Crippen LogP contribution in [0.3, 0.4) is 0 Å². The van der Waals surface area contributed by atoms with E-state index in [4.69, 9.17) is 23.8 Å². The Kier molecular flexibility index (Phi) is 4.88. The van der Waals surface area contributed by atoms with Gasteiger partial charge in [-0.05, 0) is 49.8 Å². The zero-order valence-corrected chi connectivity index (χ0v) is 13.6. The van der Waals surface area contributed by atoms with Gasteiger partial charge in [0.1, 0.15) is 0 Å². The summed E-state index contributed by atoms with van der Waals surface area (Å²) in [7, 11) is -2.91. The van der Waals surface area contributed by atoms with Gasteiger partial charge in [0.05, 0.1) is 11.5 Å². The first-order valence-corrected chi connectivity index (χ1v) is 9.05. The van der Waals surface area contributed by atoms with Crippen LogP contribution in [0.4, 0.5) is 5.69 Å². The van der Waals surface area contributed by atoms with Gasteiger partial charge in [-0.1, -0.05) is 11.6 Å². The predicted molar refractivity (Wildman–Crippen MR) is 87.1 cm³/mol. The Morgan fingerprint density at radius 3 is 2.60 bits per heavy atom. The van der Waals surface area contributed by atoms with Gasteiger partial charge in [-0.25, -0.2) is 8.42 Å². The summed E-state index contributed by atoms with van der Waals surface area (Å²) in [4.78, 5) is 1.94. The van der Waals surface area contributed by atoms with Gasteiger partial charge in [-0.3, -0.25) is 0 Å². The van der Waals surface area contributed by atoms with Crippen molar-refractivity contribution in [2.45, 2.75) is 19.4 Å². The lowest BCUT2D eigenvalue weighted by Gasteiger charge is -2.29. The molecule has 0 saturated carbocycles. The average Bonchev–Trinajstić information content (AvgIpc) is 2.73. The molecular formula is C13H17ClN2O2S2. The number of nitrogens with zero attached hydrogens (tertiary/aromatic N) is 1. The second-order valence-corrected chi connectivity index (χ2v) is 7.83. The van der Waals surface area contributed by atoms with E-state index in [1.54, 1.807) is 12.1 Å². The summed E-state index contributed by atoms with van der Waals surface area (Å²) in [5.74, 6) is 0.432. The van der Waals surface area contributed by atoms with Gasteiger partial charge >= 0.3 is 0 Å². The Morgan fingerprint density at radius 1 is 1.45 bits per heavy atom. The standard InChI is InChI=1S/C13H17ClN2O2S2/c1-2-16(12-7-8-20(17,18)9-12)13(19)15-11-5-3-10(14)4-6-11/h3-6,12H,2,7-9H2,1H3,(H,15,19)/t12-/m0/s1. The minimum Gasteiger partial charge on any atom is -0.345 e. The third-order valence-corrected chi connectivity index (χ3v) is 5.69. The van der Waals surface area contributed by atoms with Gasteiger partial charge in [-0.15, -0.1) is 0 Å². The van der Waals surface area contributed by atoms with Crippen LogP contribution in [-0.2, 0) is 9.84 Å². The summed E-state index contributed by atoms with van der Waals surface area (Å²) in [6.07, 6.45) is 0.638. The molecule has 0 amide bonds. The van der Waals surface area contributed by atoms with Gasteiger partial charge in [0.15, 0.2) is 14.9 Å². The molecule has 20 heavy (non-hydrogen) atoms. The molecular weight excluding hydrogens is 316 g/mol. The summed E-state index contributed by atoms with van der Waals surface area (Å²) in [6, 6.07) is 7.21. The van der Waals surface area contributed by atoms with Crippen molar-refractivity contribution in [2.24, 2.45) is 0 Å². The molecule has 1 N–H and O–H groups in total. The molecule has 1 saturated heterocycles. The number of hydrogen-bond donors (Lipinski definition) is 1. The molecule has 1 heterocycles. The van der Waals surface area contributed by atoms with E-state index in [9.17, 15) is 8.42 Å². The van der Waals surface area contributed by atoms with Gasteiger partial charge in [0.2, 0.25) is 0 Å². The topological polar surface area (TPSA) is 49.4 Å². The Bertz CT molecular complexity index is 587. The zero-order valence-electron chi connectivity index (χ0n) is 11.2. The third kappa shape index (κ3) is 3.84. The first kappa shape index (κ1) is 15.5. The number of sulfone groups is 1. The predicted octanol–water partition coefficient (Wildman–Crippen LogP) is 2.55. The highest BCUT2D eigenvalue weighted by atomic mass is 35.5. The average molecular weight is 333 g/mol. The largest absolute Gasteiger partial charge is 0.345 e. The van der Waals surface area contributed by atoms with Crippen molar-refractivity contribution in [1.29, 1.82) is 0 Å². The minimum absolute atomic E-state index is 0.0303. The van der Waals surface area contributed by atoms with E-state index < -0.39 is 9.84 Å². The van der Waals surface area contributed by atoms with Crippen molar-refractivity contribution >= 4 is 44.5 Å². The molecule has 1 aromatic rings. The highest BCUT2D eigenvalue weighted by Crippen LogP contribution is 2.20. The summed E-state index contributed by atoms with van der Waals surface area (Å²) < 4.78 is 23.1. The number of benzene rings is 1. The smallest absolute Gasteiger partial charge is 0.173 e. The lowest BCUT2D eigenvalue weighted by molar-refractivity contribution is 0.355. The second-order valence-electron chi connectivity index (χ2n) is 4.78. The highest BCUT2D eigenvalue weighted by Gasteiger charge is 2.32. The van der Waals surface area contributed by atoms with Crippen LogP contribution in [0.2, 0.25) is 5.02 Å². The first-order chi connectivity index (χ1) is 9.41. The molecule has 1 aliphatic rings. The van der Waals surface area contributed by atoms with Crippen LogP contribution >= 0.6 is 23.8 Å². The zero-order chi connectivity index (χ0) is 14.8. The summed E-state index contributed by atoms with van der Waals surface area (Å²) in [5, 5.41) is 4.34. The molecule has 110 valence electrons. The van der Waals surface area contributed by atoms with Gasteiger partial charge in [-0.2, -0.15) is 0 Å². The van der Waals surface area contributed by atoms with Gasteiger partial charge in [0.25, 0.3) is 0 Å². The quantitative estimate of drug-likeness (QED) is 0.862. The molecule has 0 spiro atoms. The number of anilines is 1. The maximum absolute atomic E-state index is 11.6.